The number of hydrogen-bond acceptors (Lipinski definition) is 7. The van der Waals surface area contributed by atoms with Crippen LogP contribution in [0.3, 0.4) is 0 Å². The fourth-order valence-corrected chi connectivity index (χ4v) is 9.13. The number of hydrogen-bond donors (Lipinski definition) is 0. The largest absolute Gasteiger partial charge is 0.172 e. The van der Waals surface area contributed by atoms with Gasteiger partial charge in [-0.25, -0.2) is 0 Å². The molecule has 4 nitrogen and oxygen atoms in total. The molecule has 0 unspecified atom stereocenters. The van der Waals surface area contributed by atoms with Crippen LogP contribution >= 0.6 is 34.4 Å². The van der Waals surface area contributed by atoms with Gasteiger partial charge < -0.3 is 0 Å². The normalized spacial score (nSPS) is 12.0. The molecule has 0 aliphatic carbocycles. The third-order valence-electron chi connectivity index (χ3n) is 8.18. The summed E-state index contributed by atoms with van der Waals surface area (Å²) < 4.78 is 19.3. The first-order valence-electron chi connectivity index (χ1n) is 14.7. The summed E-state index contributed by atoms with van der Waals surface area (Å²) in [5.41, 5.74) is 12.8. The van der Waals surface area contributed by atoms with Crippen molar-refractivity contribution < 1.29 is 0 Å². The summed E-state index contributed by atoms with van der Waals surface area (Å²) in [5, 5.41) is 0. The highest BCUT2D eigenvalue weighted by Crippen LogP contribution is 2.54. The Labute approximate surface area is 281 Å². The maximum absolute atomic E-state index is 4.82. The van der Waals surface area contributed by atoms with Crippen LogP contribution in [0, 0.1) is 0 Å². The Morgan fingerprint density at radius 3 is 1.15 bits per heavy atom. The van der Waals surface area contributed by atoms with Crippen LogP contribution in [0.1, 0.15) is 0 Å². The van der Waals surface area contributed by atoms with E-state index in [0.717, 1.165) is 43.3 Å². The van der Waals surface area contributed by atoms with Gasteiger partial charge >= 0.3 is 0 Å². The van der Waals surface area contributed by atoms with Crippen molar-refractivity contribution in [3.63, 3.8) is 0 Å². The summed E-state index contributed by atoms with van der Waals surface area (Å²) in [7, 11) is 0. The molecule has 8 heteroatoms. The number of benzene rings is 5. The van der Waals surface area contributed by atoms with E-state index in [1.807, 2.05) is 12.1 Å². The molecule has 1 aliphatic rings. The number of thiophene rings is 2. The van der Waals surface area contributed by atoms with Crippen LogP contribution < -0.4 is 0 Å². The summed E-state index contributed by atoms with van der Waals surface area (Å²) in [4.78, 5) is 4.64. The average molecular weight is 663 g/mol. The van der Waals surface area contributed by atoms with Crippen molar-refractivity contribution in [1.29, 1.82) is 0 Å². The van der Waals surface area contributed by atoms with Crippen LogP contribution in [-0.2, 0) is 11.4 Å². The standard InChI is InChI=1S/C38H22N4S4/c1-3-7-23(8-4-1)25-11-15-27(16-12-25)29-19-21-31(43-29)33-35-37(41-45-39-35)34(38-36(33)40-46-42-38)32-22-20-30(44-32)28-17-13-26(14-18-28)24-9-5-2-6-10-24/h1-22H. The molecule has 8 aromatic rings. The molecular weight excluding hydrogens is 641 g/mol. The van der Waals surface area contributed by atoms with Gasteiger partial charge in [0.05, 0.1) is 23.1 Å². The minimum absolute atomic E-state index is 0.884. The monoisotopic (exact) mass is 662 g/mol. The molecule has 0 N–H and O–H groups in total. The molecule has 0 bridgehead atoms. The van der Waals surface area contributed by atoms with E-state index in [1.165, 1.54) is 66.2 Å². The molecule has 9 rings (SSSR count). The second-order valence-electron chi connectivity index (χ2n) is 10.9. The molecule has 1 aliphatic heterocycles. The molecule has 0 saturated heterocycles. The second kappa shape index (κ2) is 11.5. The molecule has 3 aromatic heterocycles. The van der Waals surface area contributed by atoms with Crippen molar-refractivity contribution in [1.82, 2.24) is 8.75 Å². The highest BCUT2D eigenvalue weighted by Gasteiger charge is 2.27. The van der Waals surface area contributed by atoms with Crippen molar-refractivity contribution >= 4 is 68.2 Å². The number of aromatic nitrogens is 2. The molecule has 5 aromatic carbocycles. The molecular formula is C38H22N4S4. The highest BCUT2D eigenvalue weighted by molar-refractivity contribution is 7.58. The third kappa shape index (κ3) is 4.78. The second-order valence-corrected chi connectivity index (χ2v) is 14.1. The highest BCUT2D eigenvalue weighted by atomic mass is 32.1. The van der Waals surface area contributed by atoms with E-state index in [9.17, 15) is 0 Å². The first kappa shape index (κ1) is 27.5. The SMILES string of the molecule is c1ccc(-c2ccc(-c3ccc(-c4c5c(c(-c6ccc(-c7ccc(-c8ccccc8)cc7)s6)c6nsnc46)N=S=N5)s3)cc2)cc1. The lowest BCUT2D eigenvalue weighted by Gasteiger charge is -2.09. The van der Waals surface area contributed by atoms with E-state index >= 15 is 0 Å². The van der Waals surface area contributed by atoms with Gasteiger partial charge in [-0.05, 0) is 57.6 Å². The van der Waals surface area contributed by atoms with Crippen LogP contribution in [0.4, 0.5) is 11.4 Å². The topological polar surface area (TPSA) is 50.5 Å². The quantitative estimate of drug-likeness (QED) is 0.178. The fraction of sp³-hybridized carbons (Fsp3) is 0. The Hall–Kier alpha value is -4.86. The number of rotatable bonds is 6. The van der Waals surface area contributed by atoms with E-state index in [1.54, 1.807) is 22.7 Å². The van der Waals surface area contributed by atoms with Crippen molar-refractivity contribution in [3.8, 4) is 64.0 Å². The predicted molar refractivity (Wildman–Crippen MR) is 197 cm³/mol. The van der Waals surface area contributed by atoms with Gasteiger partial charge in [-0.1, -0.05) is 109 Å². The van der Waals surface area contributed by atoms with Crippen molar-refractivity contribution in [2.75, 3.05) is 0 Å². The van der Waals surface area contributed by atoms with E-state index in [0.29, 0.717) is 0 Å². The zero-order chi connectivity index (χ0) is 30.5. The Morgan fingerprint density at radius 2 is 0.717 bits per heavy atom. The first-order valence-corrected chi connectivity index (χ1v) is 17.8. The van der Waals surface area contributed by atoms with Crippen molar-refractivity contribution in [2.24, 2.45) is 8.73 Å². The van der Waals surface area contributed by atoms with Crippen molar-refractivity contribution in [3.05, 3.63) is 133 Å². The summed E-state index contributed by atoms with van der Waals surface area (Å²) in [6, 6.07) is 47.3. The van der Waals surface area contributed by atoms with Gasteiger partial charge in [0.2, 0.25) is 0 Å². The zero-order valence-corrected chi connectivity index (χ0v) is 27.4. The molecule has 0 fully saturated rings. The van der Waals surface area contributed by atoms with Crippen LogP contribution in [0.2, 0.25) is 0 Å². The summed E-state index contributed by atoms with van der Waals surface area (Å²) in [6.07, 6.45) is 0. The molecule has 0 atom stereocenters. The summed E-state index contributed by atoms with van der Waals surface area (Å²) in [6.45, 7) is 0. The Morgan fingerprint density at radius 1 is 0.348 bits per heavy atom. The minimum Gasteiger partial charge on any atom is -0.172 e. The maximum atomic E-state index is 4.82. The van der Waals surface area contributed by atoms with Crippen LogP contribution in [-0.4, -0.2) is 8.75 Å². The van der Waals surface area contributed by atoms with Crippen LogP contribution in [0.25, 0.3) is 75.0 Å². The van der Waals surface area contributed by atoms with Crippen LogP contribution in [0.5, 0.6) is 0 Å². The zero-order valence-electron chi connectivity index (χ0n) is 24.1. The van der Waals surface area contributed by atoms with Gasteiger partial charge in [-0.15, -0.1) is 22.7 Å². The Balaban J connectivity index is 1.07. The van der Waals surface area contributed by atoms with Gasteiger partial charge in [0.1, 0.15) is 22.4 Å². The van der Waals surface area contributed by atoms with Gasteiger partial charge in [-0.2, -0.15) is 17.5 Å². The molecule has 46 heavy (non-hydrogen) atoms. The molecule has 0 radical (unpaired) electrons. The lowest BCUT2D eigenvalue weighted by Crippen LogP contribution is -1.85. The molecule has 4 heterocycles. The first-order chi connectivity index (χ1) is 22.8. The molecule has 0 amide bonds. The molecule has 0 saturated carbocycles. The molecule has 0 spiro atoms. The minimum atomic E-state index is 0.884. The average Bonchev–Trinajstić information content (AvgIpc) is 3.96. The number of nitrogens with zero attached hydrogens (tertiary/aromatic N) is 4. The fourth-order valence-electron chi connectivity index (χ4n) is 5.89. The lowest BCUT2D eigenvalue weighted by atomic mass is 10.0. The number of fused-ring (bicyclic) bond motifs is 2. The third-order valence-corrected chi connectivity index (χ3v) is 11.5. The van der Waals surface area contributed by atoms with Gasteiger partial charge in [0.25, 0.3) is 0 Å². The summed E-state index contributed by atoms with van der Waals surface area (Å²) in [5.74, 6) is 0. The van der Waals surface area contributed by atoms with Gasteiger partial charge in [0.15, 0.2) is 0 Å². The Bertz CT molecular complexity index is 2270. The van der Waals surface area contributed by atoms with E-state index in [2.05, 4.69) is 121 Å². The molecule has 218 valence electrons. The van der Waals surface area contributed by atoms with Crippen molar-refractivity contribution in [2.45, 2.75) is 0 Å². The van der Waals surface area contributed by atoms with Crippen LogP contribution in [0.15, 0.2) is 142 Å². The van der Waals surface area contributed by atoms with Gasteiger partial charge in [-0.3, -0.25) is 0 Å². The Kier molecular flexibility index (Phi) is 6.86. The van der Waals surface area contributed by atoms with E-state index < -0.39 is 0 Å². The van der Waals surface area contributed by atoms with E-state index in [4.69, 9.17) is 17.5 Å². The smallest absolute Gasteiger partial charge is 0.116 e. The van der Waals surface area contributed by atoms with E-state index in [-0.39, 0.29) is 0 Å². The summed E-state index contributed by atoms with van der Waals surface area (Å²) >= 11 is 6.01. The maximum Gasteiger partial charge on any atom is 0.116 e. The lowest BCUT2D eigenvalue weighted by molar-refractivity contribution is 1.54. The predicted octanol–water partition coefficient (Wildman–Crippen LogP) is 12.5. The van der Waals surface area contributed by atoms with Gasteiger partial charge in [0, 0.05) is 30.6 Å².